The average Bonchev–Trinajstić information content (AvgIpc) is 2.98. The topological polar surface area (TPSA) is 38.3 Å². The van der Waals surface area contributed by atoms with E-state index in [2.05, 4.69) is 5.32 Å². The second-order valence-electron chi connectivity index (χ2n) is 5.15. The lowest BCUT2D eigenvalue weighted by Gasteiger charge is -2.33. The molecular weight excluding hydrogens is 190 g/mol. The maximum absolute atomic E-state index is 11.6. The SMILES string of the molecule is CN[C@H](C(=O)OC)[C@H]1CCCC2(CC2)C1. The third kappa shape index (κ3) is 2.17. The van der Waals surface area contributed by atoms with Crippen molar-refractivity contribution in [1.29, 1.82) is 0 Å². The second-order valence-corrected chi connectivity index (χ2v) is 5.15. The van der Waals surface area contributed by atoms with Crippen LogP contribution >= 0.6 is 0 Å². The number of methoxy groups -OCH3 is 1. The van der Waals surface area contributed by atoms with Crippen LogP contribution in [0.4, 0.5) is 0 Å². The number of likely N-dealkylation sites (N-methyl/N-ethyl adjacent to an activating group) is 1. The molecule has 0 aromatic heterocycles. The second kappa shape index (κ2) is 4.12. The Hall–Kier alpha value is -0.570. The normalized spacial score (nSPS) is 29.9. The van der Waals surface area contributed by atoms with Gasteiger partial charge in [-0.05, 0) is 50.5 Å². The highest BCUT2D eigenvalue weighted by Gasteiger charge is 2.48. The first-order valence-electron chi connectivity index (χ1n) is 5.96. The molecule has 0 amide bonds. The van der Waals surface area contributed by atoms with Crippen molar-refractivity contribution in [2.24, 2.45) is 11.3 Å². The lowest BCUT2D eigenvalue weighted by Crippen LogP contribution is -2.43. The van der Waals surface area contributed by atoms with E-state index in [9.17, 15) is 4.79 Å². The average molecular weight is 211 g/mol. The van der Waals surface area contributed by atoms with Gasteiger partial charge in [-0.25, -0.2) is 0 Å². The molecule has 86 valence electrons. The zero-order valence-corrected chi connectivity index (χ0v) is 9.71. The van der Waals surface area contributed by atoms with Gasteiger partial charge >= 0.3 is 5.97 Å². The summed E-state index contributed by atoms with van der Waals surface area (Å²) < 4.78 is 4.84. The maximum atomic E-state index is 11.6. The van der Waals surface area contributed by atoms with Crippen LogP contribution in [0.2, 0.25) is 0 Å². The molecule has 15 heavy (non-hydrogen) atoms. The van der Waals surface area contributed by atoms with Gasteiger partial charge < -0.3 is 10.1 Å². The van der Waals surface area contributed by atoms with Crippen molar-refractivity contribution in [3.05, 3.63) is 0 Å². The van der Waals surface area contributed by atoms with E-state index in [1.807, 2.05) is 7.05 Å². The van der Waals surface area contributed by atoms with Crippen LogP contribution in [0.15, 0.2) is 0 Å². The summed E-state index contributed by atoms with van der Waals surface area (Å²) >= 11 is 0. The van der Waals surface area contributed by atoms with Crippen molar-refractivity contribution < 1.29 is 9.53 Å². The molecule has 2 rings (SSSR count). The molecule has 0 aliphatic heterocycles. The van der Waals surface area contributed by atoms with Gasteiger partial charge in [0.25, 0.3) is 0 Å². The molecular formula is C12H21NO2. The first-order valence-corrected chi connectivity index (χ1v) is 5.96. The van der Waals surface area contributed by atoms with Crippen LogP contribution in [0, 0.1) is 11.3 Å². The highest BCUT2D eigenvalue weighted by Crippen LogP contribution is 2.58. The fraction of sp³-hybridized carbons (Fsp3) is 0.917. The third-order valence-electron chi connectivity index (χ3n) is 4.17. The standard InChI is InChI=1S/C12H21NO2/c1-13-10(11(14)15-2)9-4-3-5-12(8-9)6-7-12/h9-10,13H,3-8H2,1-2H3/t9-,10-/m0/s1. The molecule has 1 N–H and O–H groups in total. The zero-order chi connectivity index (χ0) is 10.9. The van der Waals surface area contributed by atoms with Crippen LogP contribution in [0.1, 0.15) is 38.5 Å². The fourth-order valence-corrected chi connectivity index (χ4v) is 3.09. The van der Waals surface area contributed by atoms with Crippen molar-refractivity contribution in [3.63, 3.8) is 0 Å². The minimum atomic E-state index is -0.0970. The molecule has 0 saturated heterocycles. The molecule has 2 fully saturated rings. The molecule has 2 atom stereocenters. The van der Waals surface area contributed by atoms with Crippen LogP contribution in [-0.4, -0.2) is 26.2 Å². The summed E-state index contributed by atoms with van der Waals surface area (Å²) in [5.74, 6) is 0.388. The van der Waals surface area contributed by atoms with E-state index in [-0.39, 0.29) is 12.0 Å². The van der Waals surface area contributed by atoms with Crippen LogP contribution < -0.4 is 5.32 Å². The smallest absolute Gasteiger partial charge is 0.323 e. The lowest BCUT2D eigenvalue weighted by atomic mass is 9.76. The number of esters is 1. The molecule has 0 heterocycles. The predicted octanol–water partition coefficient (Wildman–Crippen LogP) is 1.72. The summed E-state index contributed by atoms with van der Waals surface area (Å²) in [5, 5.41) is 3.11. The zero-order valence-electron chi connectivity index (χ0n) is 9.71. The Morgan fingerprint density at radius 2 is 2.20 bits per heavy atom. The summed E-state index contributed by atoms with van der Waals surface area (Å²) in [6.07, 6.45) is 7.79. The van der Waals surface area contributed by atoms with Crippen molar-refractivity contribution in [2.75, 3.05) is 14.2 Å². The van der Waals surface area contributed by atoms with Gasteiger partial charge in [0, 0.05) is 0 Å². The summed E-state index contributed by atoms with van der Waals surface area (Å²) in [6.45, 7) is 0. The van der Waals surface area contributed by atoms with E-state index in [1.165, 1.54) is 45.6 Å². The quantitative estimate of drug-likeness (QED) is 0.722. The fourth-order valence-electron chi connectivity index (χ4n) is 3.09. The summed E-state index contributed by atoms with van der Waals surface area (Å²) in [7, 11) is 3.33. The van der Waals surface area contributed by atoms with Gasteiger partial charge in [0.1, 0.15) is 6.04 Å². The van der Waals surface area contributed by atoms with E-state index in [0.717, 1.165) is 0 Å². The maximum Gasteiger partial charge on any atom is 0.323 e. The minimum Gasteiger partial charge on any atom is -0.468 e. The number of hydrogen-bond donors (Lipinski definition) is 1. The number of rotatable bonds is 3. The van der Waals surface area contributed by atoms with Crippen LogP contribution in [0.25, 0.3) is 0 Å². The van der Waals surface area contributed by atoms with E-state index < -0.39 is 0 Å². The van der Waals surface area contributed by atoms with Gasteiger partial charge in [-0.1, -0.05) is 6.42 Å². The predicted molar refractivity (Wildman–Crippen MR) is 58.5 cm³/mol. The monoisotopic (exact) mass is 211 g/mol. The number of nitrogens with one attached hydrogen (secondary N) is 1. The molecule has 2 saturated carbocycles. The number of carbonyl (C=O) groups is 1. The first kappa shape index (κ1) is 10.9. The van der Waals surface area contributed by atoms with Gasteiger partial charge in [-0.2, -0.15) is 0 Å². The van der Waals surface area contributed by atoms with Gasteiger partial charge in [-0.3, -0.25) is 4.79 Å². The van der Waals surface area contributed by atoms with E-state index in [1.54, 1.807) is 0 Å². The number of carbonyl (C=O) groups excluding carboxylic acids is 1. The van der Waals surface area contributed by atoms with Crippen LogP contribution in [-0.2, 0) is 9.53 Å². The first-order chi connectivity index (χ1) is 7.21. The molecule has 3 nitrogen and oxygen atoms in total. The molecule has 0 unspecified atom stereocenters. The van der Waals surface area contributed by atoms with Crippen molar-refractivity contribution in [2.45, 2.75) is 44.6 Å². The van der Waals surface area contributed by atoms with Crippen molar-refractivity contribution in [1.82, 2.24) is 5.32 Å². The summed E-state index contributed by atoms with van der Waals surface area (Å²) in [6, 6.07) is -0.0900. The Bertz CT molecular complexity index is 248. The van der Waals surface area contributed by atoms with E-state index in [0.29, 0.717) is 11.3 Å². The van der Waals surface area contributed by atoms with Crippen molar-refractivity contribution in [3.8, 4) is 0 Å². The van der Waals surface area contributed by atoms with Gasteiger partial charge in [0.15, 0.2) is 0 Å². The van der Waals surface area contributed by atoms with Crippen LogP contribution in [0.5, 0.6) is 0 Å². The molecule has 2 aliphatic carbocycles. The van der Waals surface area contributed by atoms with E-state index in [4.69, 9.17) is 4.74 Å². The highest BCUT2D eigenvalue weighted by molar-refractivity contribution is 5.76. The minimum absolute atomic E-state index is 0.0900. The van der Waals surface area contributed by atoms with Gasteiger partial charge in [0.05, 0.1) is 7.11 Å². The summed E-state index contributed by atoms with van der Waals surface area (Å²) in [4.78, 5) is 11.6. The molecule has 0 bridgehead atoms. The Kier molecular flexibility index (Phi) is 3.01. The molecule has 1 spiro atoms. The largest absolute Gasteiger partial charge is 0.468 e. The molecule has 2 aliphatic rings. The molecule has 0 aromatic carbocycles. The Labute approximate surface area is 91.6 Å². The highest BCUT2D eigenvalue weighted by atomic mass is 16.5. The lowest BCUT2D eigenvalue weighted by molar-refractivity contribution is -0.145. The van der Waals surface area contributed by atoms with E-state index >= 15 is 0 Å². The molecule has 0 radical (unpaired) electrons. The van der Waals surface area contributed by atoms with Crippen molar-refractivity contribution >= 4 is 5.97 Å². The van der Waals surface area contributed by atoms with Gasteiger partial charge in [-0.15, -0.1) is 0 Å². The Morgan fingerprint density at radius 1 is 1.47 bits per heavy atom. The Morgan fingerprint density at radius 3 is 2.73 bits per heavy atom. The van der Waals surface area contributed by atoms with Gasteiger partial charge in [0.2, 0.25) is 0 Å². The summed E-state index contributed by atoms with van der Waals surface area (Å²) in [5.41, 5.74) is 0.617. The Balaban J connectivity index is 1.98. The molecule has 3 heteroatoms. The number of hydrogen-bond acceptors (Lipinski definition) is 3. The number of ether oxygens (including phenoxy) is 1. The molecule has 0 aromatic rings. The van der Waals surface area contributed by atoms with Crippen LogP contribution in [0.3, 0.4) is 0 Å². The third-order valence-corrected chi connectivity index (χ3v) is 4.17.